The lowest BCUT2D eigenvalue weighted by Crippen LogP contribution is -2.37. The Bertz CT molecular complexity index is 533. The van der Waals surface area contributed by atoms with E-state index in [1.807, 2.05) is 6.92 Å². The van der Waals surface area contributed by atoms with Crippen LogP contribution in [0.1, 0.15) is 53.8 Å². The molecule has 5 heteroatoms. The minimum absolute atomic E-state index is 0.115. The predicted octanol–water partition coefficient (Wildman–Crippen LogP) is 1.98. The second kappa shape index (κ2) is 6.52. The zero-order valence-electron chi connectivity index (χ0n) is 12.4. The van der Waals surface area contributed by atoms with Gasteiger partial charge < -0.3 is 5.32 Å². The predicted molar refractivity (Wildman–Crippen MR) is 78.9 cm³/mol. The highest BCUT2D eigenvalue weighted by atomic mass is 16.2. The molecule has 5 nitrogen and oxygen atoms in total. The molecule has 2 rings (SSSR count). The maximum Gasteiger partial charge on any atom is 0.261 e. The summed E-state index contributed by atoms with van der Waals surface area (Å²) in [6, 6.07) is 6.85. The zero-order valence-corrected chi connectivity index (χ0v) is 12.4. The van der Waals surface area contributed by atoms with Crippen LogP contribution in [0.15, 0.2) is 24.3 Å². The zero-order chi connectivity index (χ0) is 15.4. The summed E-state index contributed by atoms with van der Waals surface area (Å²) in [6.45, 7) is 4.13. The van der Waals surface area contributed by atoms with Gasteiger partial charge in [-0.1, -0.05) is 25.5 Å². The number of fused-ring (bicyclic) bond motifs is 1. The van der Waals surface area contributed by atoms with Gasteiger partial charge in [0.15, 0.2) is 0 Å². The van der Waals surface area contributed by atoms with Crippen molar-refractivity contribution in [1.29, 1.82) is 0 Å². The van der Waals surface area contributed by atoms with E-state index in [4.69, 9.17) is 0 Å². The molecule has 1 heterocycles. The fraction of sp³-hybridized carbons (Fsp3) is 0.438. The average molecular weight is 288 g/mol. The molecule has 0 saturated carbocycles. The van der Waals surface area contributed by atoms with Crippen LogP contribution in [0.4, 0.5) is 0 Å². The van der Waals surface area contributed by atoms with E-state index in [1.54, 1.807) is 24.3 Å². The summed E-state index contributed by atoms with van der Waals surface area (Å²) < 4.78 is 0. The Hall–Kier alpha value is -2.17. The molecule has 3 amide bonds. The molecule has 0 unspecified atom stereocenters. The van der Waals surface area contributed by atoms with Gasteiger partial charge in [0.25, 0.3) is 11.8 Å². The van der Waals surface area contributed by atoms with Crippen LogP contribution >= 0.6 is 0 Å². The minimum Gasteiger partial charge on any atom is -0.354 e. The van der Waals surface area contributed by atoms with Crippen molar-refractivity contribution < 1.29 is 14.4 Å². The average Bonchev–Trinajstić information content (AvgIpc) is 2.70. The molecule has 0 bridgehead atoms. The molecule has 0 saturated heterocycles. The molecular formula is C16H20N2O3. The number of hydrogen-bond donors (Lipinski definition) is 1. The molecule has 1 N–H and O–H groups in total. The lowest BCUT2D eigenvalue weighted by atomic mass is 10.1. The van der Waals surface area contributed by atoms with Crippen molar-refractivity contribution in [1.82, 2.24) is 10.2 Å². The SMILES string of the molecule is CCC[C@@H](C)NC(=O)CCN1C(=O)c2ccccc2C1=O. The Morgan fingerprint density at radius 1 is 1.19 bits per heavy atom. The molecule has 0 radical (unpaired) electrons. The lowest BCUT2D eigenvalue weighted by Gasteiger charge is -2.16. The highest BCUT2D eigenvalue weighted by Gasteiger charge is 2.34. The first-order valence-corrected chi connectivity index (χ1v) is 7.29. The number of carbonyl (C=O) groups excluding carboxylic acids is 3. The fourth-order valence-electron chi connectivity index (χ4n) is 2.51. The van der Waals surface area contributed by atoms with Gasteiger partial charge in [-0.15, -0.1) is 0 Å². The van der Waals surface area contributed by atoms with Gasteiger partial charge >= 0.3 is 0 Å². The van der Waals surface area contributed by atoms with Crippen LogP contribution in [0.25, 0.3) is 0 Å². The monoisotopic (exact) mass is 288 g/mol. The van der Waals surface area contributed by atoms with Crippen molar-refractivity contribution in [2.45, 2.75) is 39.2 Å². The summed E-state index contributed by atoms with van der Waals surface area (Å²) in [5.41, 5.74) is 0.838. The second-order valence-electron chi connectivity index (χ2n) is 5.31. The Labute approximate surface area is 124 Å². The molecule has 1 aliphatic heterocycles. The van der Waals surface area contributed by atoms with Gasteiger partial charge in [-0.05, 0) is 25.5 Å². The van der Waals surface area contributed by atoms with Crippen LogP contribution in [0, 0.1) is 0 Å². The normalized spacial score (nSPS) is 15.0. The van der Waals surface area contributed by atoms with Gasteiger partial charge in [0.2, 0.25) is 5.91 Å². The molecule has 1 aromatic rings. The summed E-state index contributed by atoms with van der Waals surface area (Å²) in [4.78, 5) is 37.2. The summed E-state index contributed by atoms with van der Waals surface area (Å²) >= 11 is 0. The van der Waals surface area contributed by atoms with E-state index in [9.17, 15) is 14.4 Å². The lowest BCUT2D eigenvalue weighted by molar-refractivity contribution is -0.121. The van der Waals surface area contributed by atoms with Crippen LogP contribution in [-0.4, -0.2) is 35.2 Å². The number of benzene rings is 1. The van der Waals surface area contributed by atoms with Gasteiger partial charge in [0.05, 0.1) is 11.1 Å². The summed E-state index contributed by atoms with van der Waals surface area (Å²) in [7, 11) is 0. The molecule has 1 atom stereocenters. The molecule has 112 valence electrons. The minimum atomic E-state index is -0.315. The van der Waals surface area contributed by atoms with E-state index in [1.165, 1.54) is 0 Å². The van der Waals surface area contributed by atoms with Crippen molar-refractivity contribution in [2.24, 2.45) is 0 Å². The topological polar surface area (TPSA) is 66.5 Å². The molecule has 0 fully saturated rings. The maximum absolute atomic E-state index is 12.1. The summed E-state index contributed by atoms with van der Waals surface area (Å²) in [6.07, 6.45) is 2.05. The maximum atomic E-state index is 12.1. The third-order valence-electron chi connectivity index (χ3n) is 3.57. The highest BCUT2D eigenvalue weighted by molar-refractivity contribution is 6.21. The Balaban J connectivity index is 1.92. The van der Waals surface area contributed by atoms with Crippen molar-refractivity contribution in [3.8, 4) is 0 Å². The van der Waals surface area contributed by atoms with Gasteiger partial charge in [-0.3, -0.25) is 19.3 Å². The third-order valence-corrected chi connectivity index (χ3v) is 3.57. The first-order chi connectivity index (χ1) is 10.0. The Morgan fingerprint density at radius 2 is 1.76 bits per heavy atom. The first-order valence-electron chi connectivity index (χ1n) is 7.29. The number of hydrogen-bond acceptors (Lipinski definition) is 3. The van der Waals surface area contributed by atoms with Crippen LogP contribution in [0.5, 0.6) is 0 Å². The molecule has 0 spiro atoms. The molecule has 1 aromatic carbocycles. The molecular weight excluding hydrogens is 268 g/mol. The number of rotatable bonds is 6. The summed E-state index contributed by atoms with van der Waals surface area (Å²) in [5, 5.41) is 2.87. The van der Waals surface area contributed by atoms with E-state index in [0.717, 1.165) is 17.7 Å². The number of imide groups is 1. The summed E-state index contributed by atoms with van der Waals surface area (Å²) in [5.74, 6) is -0.762. The largest absolute Gasteiger partial charge is 0.354 e. The van der Waals surface area contributed by atoms with Crippen LogP contribution < -0.4 is 5.32 Å². The first kappa shape index (κ1) is 15.2. The molecule has 0 aromatic heterocycles. The Kier molecular flexibility index (Phi) is 4.73. The van der Waals surface area contributed by atoms with Crippen molar-refractivity contribution in [2.75, 3.05) is 6.54 Å². The van der Waals surface area contributed by atoms with Crippen molar-refractivity contribution in [3.63, 3.8) is 0 Å². The van der Waals surface area contributed by atoms with Crippen LogP contribution in [0.3, 0.4) is 0 Å². The van der Waals surface area contributed by atoms with Crippen molar-refractivity contribution in [3.05, 3.63) is 35.4 Å². The van der Waals surface area contributed by atoms with Crippen LogP contribution in [-0.2, 0) is 4.79 Å². The standard InChI is InChI=1S/C16H20N2O3/c1-3-6-11(2)17-14(19)9-10-18-15(20)12-7-4-5-8-13(12)16(18)21/h4-5,7-8,11H,3,6,9-10H2,1-2H3,(H,17,19)/t11-/m1/s1. The van der Waals surface area contributed by atoms with Gasteiger partial charge in [-0.25, -0.2) is 0 Å². The van der Waals surface area contributed by atoms with Gasteiger partial charge in [0.1, 0.15) is 0 Å². The number of amides is 3. The molecule has 21 heavy (non-hydrogen) atoms. The van der Waals surface area contributed by atoms with Crippen LogP contribution in [0.2, 0.25) is 0 Å². The number of nitrogens with one attached hydrogen (secondary N) is 1. The Morgan fingerprint density at radius 3 is 2.29 bits per heavy atom. The van der Waals surface area contributed by atoms with E-state index in [-0.39, 0.29) is 36.7 Å². The van der Waals surface area contributed by atoms with E-state index in [2.05, 4.69) is 12.2 Å². The molecule has 1 aliphatic rings. The van der Waals surface area contributed by atoms with Crippen molar-refractivity contribution >= 4 is 17.7 Å². The number of carbonyl (C=O) groups is 3. The van der Waals surface area contributed by atoms with E-state index >= 15 is 0 Å². The highest BCUT2D eigenvalue weighted by Crippen LogP contribution is 2.22. The smallest absolute Gasteiger partial charge is 0.261 e. The molecule has 0 aliphatic carbocycles. The second-order valence-corrected chi connectivity index (χ2v) is 5.31. The van der Waals surface area contributed by atoms with E-state index < -0.39 is 0 Å². The third kappa shape index (κ3) is 3.29. The van der Waals surface area contributed by atoms with Gasteiger partial charge in [-0.2, -0.15) is 0 Å². The van der Waals surface area contributed by atoms with Gasteiger partial charge in [0, 0.05) is 19.0 Å². The quantitative estimate of drug-likeness (QED) is 0.814. The number of nitrogens with zero attached hydrogens (tertiary/aromatic N) is 1. The fourth-order valence-corrected chi connectivity index (χ4v) is 2.51. The van der Waals surface area contributed by atoms with E-state index in [0.29, 0.717) is 11.1 Å².